The van der Waals surface area contributed by atoms with Crippen LogP contribution in [0.3, 0.4) is 0 Å². The van der Waals surface area contributed by atoms with Crippen LogP contribution in [0.4, 0.5) is 0 Å². The quantitative estimate of drug-likeness (QED) is 0.770. The van der Waals surface area contributed by atoms with Gasteiger partial charge in [-0.1, -0.05) is 6.42 Å². The van der Waals surface area contributed by atoms with Gasteiger partial charge in [0.2, 0.25) is 0 Å². The summed E-state index contributed by atoms with van der Waals surface area (Å²) in [5.74, 6) is 0.831. The lowest BCUT2D eigenvalue weighted by atomic mass is 10.2. The lowest BCUT2D eigenvalue weighted by Gasteiger charge is -2.07. The summed E-state index contributed by atoms with van der Waals surface area (Å²) in [5, 5.41) is 0. The Morgan fingerprint density at radius 3 is 2.33 bits per heavy atom. The van der Waals surface area contributed by atoms with Gasteiger partial charge in [-0.25, -0.2) is 8.42 Å². The predicted molar refractivity (Wildman–Crippen MR) is 72.5 cm³/mol. The molecule has 0 spiro atoms. The molecule has 1 unspecified atom stereocenters. The van der Waals surface area contributed by atoms with Crippen molar-refractivity contribution in [1.29, 1.82) is 0 Å². The third-order valence-corrected chi connectivity index (χ3v) is 4.56. The Bertz CT molecular complexity index is 452. The van der Waals surface area contributed by atoms with Crippen LogP contribution < -0.4 is 10.5 Å². The van der Waals surface area contributed by atoms with Gasteiger partial charge in [-0.15, -0.1) is 0 Å². The number of benzene rings is 1. The molecule has 0 aliphatic rings. The lowest BCUT2D eigenvalue weighted by molar-refractivity contribution is 0.414. The minimum Gasteiger partial charge on any atom is -0.497 e. The standard InChI is InChI=1S/C13H21NO3S/c1-11(14)5-3-4-10-18(15,16)13-8-6-12(17-2)7-9-13/h6-9,11H,3-5,10,14H2,1-2H3. The molecule has 5 heteroatoms. The first-order chi connectivity index (χ1) is 8.45. The number of unbranched alkanes of at least 4 members (excludes halogenated alkanes) is 1. The van der Waals surface area contributed by atoms with Gasteiger partial charge in [0.05, 0.1) is 17.8 Å². The zero-order valence-corrected chi connectivity index (χ0v) is 11.7. The molecule has 0 heterocycles. The van der Waals surface area contributed by atoms with E-state index in [0.29, 0.717) is 17.1 Å². The van der Waals surface area contributed by atoms with E-state index in [9.17, 15) is 8.42 Å². The Labute approximate surface area is 109 Å². The molecule has 1 atom stereocenters. The largest absolute Gasteiger partial charge is 0.497 e. The van der Waals surface area contributed by atoms with Crippen LogP contribution in [-0.2, 0) is 9.84 Å². The van der Waals surface area contributed by atoms with Crippen molar-refractivity contribution in [3.63, 3.8) is 0 Å². The molecule has 0 fully saturated rings. The minimum atomic E-state index is -3.18. The van der Waals surface area contributed by atoms with E-state index in [1.165, 1.54) is 0 Å². The Morgan fingerprint density at radius 1 is 1.22 bits per heavy atom. The van der Waals surface area contributed by atoms with Crippen molar-refractivity contribution in [1.82, 2.24) is 0 Å². The average Bonchev–Trinajstić information content (AvgIpc) is 2.34. The van der Waals surface area contributed by atoms with Crippen LogP contribution >= 0.6 is 0 Å². The molecule has 0 aromatic heterocycles. The van der Waals surface area contributed by atoms with E-state index in [4.69, 9.17) is 10.5 Å². The molecule has 102 valence electrons. The summed E-state index contributed by atoms with van der Waals surface area (Å²) in [7, 11) is -1.63. The maximum Gasteiger partial charge on any atom is 0.178 e. The van der Waals surface area contributed by atoms with Crippen LogP contribution in [0.15, 0.2) is 29.2 Å². The molecule has 1 aromatic carbocycles. The highest BCUT2D eigenvalue weighted by Crippen LogP contribution is 2.17. The van der Waals surface area contributed by atoms with Crippen molar-refractivity contribution in [3.8, 4) is 5.75 Å². The van der Waals surface area contributed by atoms with Gasteiger partial charge in [-0.3, -0.25) is 0 Å². The molecule has 0 radical (unpaired) electrons. The van der Waals surface area contributed by atoms with E-state index in [1.54, 1.807) is 31.4 Å². The molecule has 18 heavy (non-hydrogen) atoms. The second kappa shape index (κ2) is 6.75. The number of sulfone groups is 1. The SMILES string of the molecule is COc1ccc(S(=O)(=O)CCCCC(C)N)cc1. The number of hydrogen-bond donors (Lipinski definition) is 1. The molecule has 0 aliphatic carbocycles. The minimum absolute atomic E-state index is 0.133. The first kappa shape index (κ1) is 15.0. The van der Waals surface area contributed by atoms with Gasteiger partial charge in [-0.2, -0.15) is 0 Å². The van der Waals surface area contributed by atoms with E-state index in [0.717, 1.165) is 12.8 Å². The van der Waals surface area contributed by atoms with Crippen LogP contribution in [0.1, 0.15) is 26.2 Å². The van der Waals surface area contributed by atoms with Gasteiger partial charge < -0.3 is 10.5 Å². The van der Waals surface area contributed by atoms with Crippen LogP contribution in [0.25, 0.3) is 0 Å². The van der Waals surface area contributed by atoms with E-state index < -0.39 is 9.84 Å². The van der Waals surface area contributed by atoms with Crippen molar-refractivity contribution in [2.45, 2.75) is 37.1 Å². The summed E-state index contributed by atoms with van der Waals surface area (Å²) >= 11 is 0. The number of methoxy groups -OCH3 is 1. The first-order valence-electron chi connectivity index (χ1n) is 6.08. The van der Waals surface area contributed by atoms with Crippen molar-refractivity contribution >= 4 is 9.84 Å². The molecule has 2 N–H and O–H groups in total. The summed E-state index contributed by atoms with van der Waals surface area (Å²) in [6.45, 7) is 1.93. The first-order valence-corrected chi connectivity index (χ1v) is 7.73. The van der Waals surface area contributed by atoms with Gasteiger partial charge in [0.1, 0.15) is 5.75 Å². The van der Waals surface area contributed by atoms with Crippen LogP contribution in [-0.4, -0.2) is 27.3 Å². The van der Waals surface area contributed by atoms with Gasteiger partial charge in [0, 0.05) is 6.04 Å². The molecule has 1 aromatic rings. The van der Waals surface area contributed by atoms with Gasteiger partial charge in [0.15, 0.2) is 9.84 Å². The fourth-order valence-electron chi connectivity index (χ4n) is 1.66. The summed E-state index contributed by atoms with van der Waals surface area (Å²) in [6, 6.07) is 6.62. The Balaban J connectivity index is 2.57. The topological polar surface area (TPSA) is 69.4 Å². The Kier molecular flexibility index (Phi) is 5.62. The van der Waals surface area contributed by atoms with E-state index >= 15 is 0 Å². The summed E-state index contributed by atoms with van der Waals surface area (Å²) < 4.78 is 29.0. The monoisotopic (exact) mass is 271 g/mol. The van der Waals surface area contributed by atoms with E-state index in [1.807, 2.05) is 6.92 Å². The molecular formula is C13H21NO3S. The summed E-state index contributed by atoms with van der Waals surface area (Å²) in [5.41, 5.74) is 5.62. The maximum atomic E-state index is 12.0. The molecule has 0 saturated heterocycles. The van der Waals surface area contributed by atoms with Gasteiger partial charge in [-0.05, 0) is 44.0 Å². The fourth-order valence-corrected chi connectivity index (χ4v) is 3.03. The van der Waals surface area contributed by atoms with Gasteiger partial charge >= 0.3 is 0 Å². The highest BCUT2D eigenvalue weighted by Gasteiger charge is 2.13. The third-order valence-electron chi connectivity index (χ3n) is 2.74. The second-order valence-electron chi connectivity index (χ2n) is 4.47. The number of ether oxygens (including phenoxy) is 1. The Hall–Kier alpha value is -1.07. The predicted octanol–water partition coefficient (Wildman–Crippen LogP) is 1.99. The summed E-state index contributed by atoms with van der Waals surface area (Å²) in [4.78, 5) is 0.351. The number of rotatable bonds is 7. The summed E-state index contributed by atoms with van der Waals surface area (Å²) in [6.07, 6.45) is 2.35. The van der Waals surface area contributed by atoms with Crippen LogP contribution in [0.5, 0.6) is 5.75 Å². The molecule has 1 rings (SSSR count). The zero-order valence-electron chi connectivity index (χ0n) is 10.9. The smallest absolute Gasteiger partial charge is 0.178 e. The van der Waals surface area contributed by atoms with Crippen LogP contribution in [0.2, 0.25) is 0 Å². The van der Waals surface area contributed by atoms with Crippen LogP contribution in [0, 0.1) is 0 Å². The molecule has 0 bridgehead atoms. The van der Waals surface area contributed by atoms with E-state index in [-0.39, 0.29) is 11.8 Å². The Morgan fingerprint density at radius 2 is 1.83 bits per heavy atom. The highest BCUT2D eigenvalue weighted by molar-refractivity contribution is 7.91. The number of hydrogen-bond acceptors (Lipinski definition) is 4. The molecular weight excluding hydrogens is 250 g/mol. The fraction of sp³-hybridized carbons (Fsp3) is 0.538. The zero-order chi connectivity index (χ0) is 13.6. The average molecular weight is 271 g/mol. The molecule has 0 saturated carbocycles. The number of nitrogens with two attached hydrogens (primary N) is 1. The maximum absolute atomic E-state index is 12.0. The van der Waals surface area contributed by atoms with Crippen molar-refractivity contribution in [2.75, 3.05) is 12.9 Å². The molecule has 0 aliphatic heterocycles. The molecule has 0 amide bonds. The van der Waals surface area contributed by atoms with Crippen molar-refractivity contribution < 1.29 is 13.2 Å². The molecule has 4 nitrogen and oxygen atoms in total. The lowest BCUT2D eigenvalue weighted by Crippen LogP contribution is -2.15. The normalized spacial score (nSPS) is 13.3. The third kappa shape index (κ3) is 4.66. The highest BCUT2D eigenvalue weighted by atomic mass is 32.2. The van der Waals surface area contributed by atoms with Crippen molar-refractivity contribution in [2.24, 2.45) is 5.73 Å². The van der Waals surface area contributed by atoms with E-state index in [2.05, 4.69) is 0 Å². The second-order valence-corrected chi connectivity index (χ2v) is 6.58. The van der Waals surface area contributed by atoms with Gasteiger partial charge in [0.25, 0.3) is 0 Å². The van der Waals surface area contributed by atoms with Crippen molar-refractivity contribution in [3.05, 3.63) is 24.3 Å².